The van der Waals surface area contributed by atoms with E-state index in [0.717, 1.165) is 17.5 Å². The van der Waals surface area contributed by atoms with Crippen LogP contribution in [0.2, 0.25) is 0 Å². The van der Waals surface area contributed by atoms with Gasteiger partial charge in [0.1, 0.15) is 9.84 Å². The second-order valence-corrected chi connectivity index (χ2v) is 8.92. The molecule has 6 nitrogen and oxygen atoms in total. The van der Waals surface area contributed by atoms with E-state index in [0.29, 0.717) is 19.5 Å². The summed E-state index contributed by atoms with van der Waals surface area (Å²) in [6.07, 6.45) is 2.28. The van der Waals surface area contributed by atoms with Gasteiger partial charge in [-0.2, -0.15) is 0 Å². The molecule has 2 rings (SSSR count). The molecule has 134 valence electrons. The maximum absolute atomic E-state index is 12.6. The summed E-state index contributed by atoms with van der Waals surface area (Å²) in [5.74, 6) is -0.299. The molecule has 7 heteroatoms. The first kappa shape index (κ1) is 18.9. The maximum atomic E-state index is 12.6. The fourth-order valence-corrected chi connectivity index (χ4v) is 3.48. The molecule has 0 saturated carbocycles. The average molecular weight is 354 g/mol. The van der Waals surface area contributed by atoms with Gasteiger partial charge in [0.25, 0.3) is 5.91 Å². The zero-order valence-corrected chi connectivity index (χ0v) is 15.1. The number of carbonyl (C=O) groups excluding carboxylic acids is 1. The van der Waals surface area contributed by atoms with Gasteiger partial charge in [0, 0.05) is 32.4 Å². The first-order chi connectivity index (χ1) is 11.2. The number of nitrogens with one attached hydrogen (secondary N) is 1. The molecule has 1 atom stereocenters. The standard InChI is InChI=1S/C17H26N2O4S/c1-14-5-3-6-15(11-14)12-19-9-4-7-17(21,16(19)20)13-18-8-10-24(2,22)23/h3,5-6,11,18,21H,4,7-10,12-13H2,1-2H3/t17-/m0/s1. The Hall–Kier alpha value is -1.44. The van der Waals surface area contributed by atoms with Crippen LogP contribution < -0.4 is 5.32 Å². The van der Waals surface area contributed by atoms with Crippen LogP contribution in [0.3, 0.4) is 0 Å². The molecule has 0 spiro atoms. The van der Waals surface area contributed by atoms with Crippen LogP contribution in [-0.2, 0) is 21.2 Å². The van der Waals surface area contributed by atoms with E-state index in [1.165, 1.54) is 6.26 Å². The molecule has 1 aromatic carbocycles. The predicted octanol–water partition coefficient (Wildman–Crippen LogP) is 0.483. The number of aliphatic hydroxyl groups is 1. The van der Waals surface area contributed by atoms with E-state index in [4.69, 9.17) is 0 Å². The van der Waals surface area contributed by atoms with Gasteiger partial charge in [-0.1, -0.05) is 29.8 Å². The number of piperidine rings is 1. The number of carbonyl (C=O) groups is 1. The SMILES string of the molecule is Cc1cccc(CN2CCC[C@](O)(CNCCS(C)(=O)=O)C2=O)c1. The monoisotopic (exact) mass is 354 g/mol. The minimum atomic E-state index is -3.06. The summed E-state index contributed by atoms with van der Waals surface area (Å²) < 4.78 is 22.3. The third-order valence-electron chi connectivity index (χ3n) is 4.23. The molecular weight excluding hydrogens is 328 g/mol. The Balaban J connectivity index is 1.95. The summed E-state index contributed by atoms with van der Waals surface area (Å²) in [5, 5.41) is 13.6. The maximum Gasteiger partial charge on any atom is 0.256 e. The largest absolute Gasteiger partial charge is 0.379 e. The van der Waals surface area contributed by atoms with Crippen LogP contribution in [0.15, 0.2) is 24.3 Å². The van der Waals surface area contributed by atoms with Gasteiger partial charge in [-0.15, -0.1) is 0 Å². The molecule has 0 bridgehead atoms. The molecule has 0 unspecified atom stereocenters. The summed E-state index contributed by atoms with van der Waals surface area (Å²) in [5.41, 5.74) is 0.715. The van der Waals surface area contributed by atoms with E-state index in [1.807, 2.05) is 31.2 Å². The minimum Gasteiger partial charge on any atom is -0.379 e. The molecule has 0 aromatic heterocycles. The molecule has 1 heterocycles. The van der Waals surface area contributed by atoms with Crippen molar-refractivity contribution in [3.8, 4) is 0 Å². The highest BCUT2D eigenvalue weighted by Crippen LogP contribution is 2.24. The van der Waals surface area contributed by atoms with E-state index in [1.54, 1.807) is 4.90 Å². The summed E-state index contributed by atoms with van der Waals surface area (Å²) in [4.78, 5) is 14.3. The Morgan fingerprint density at radius 3 is 2.79 bits per heavy atom. The summed E-state index contributed by atoms with van der Waals surface area (Å²) >= 11 is 0. The Morgan fingerprint density at radius 2 is 2.12 bits per heavy atom. The first-order valence-corrected chi connectivity index (χ1v) is 10.2. The predicted molar refractivity (Wildman–Crippen MR) is 93.4 cm³/mol. The van der Waals surface area contributed by atoms with Crippen molar-refractivity contribution in [2.45, 2.75) is 31.9 Å². The number of amides is 1. The second kappa shape index (κ2) is 7.63. The number of aryl methyl sites for hydroxylation is 1. The summed E-state index contributed by atoms with van der Waals surface area (Å²) in [7, 11) is -3.06. The van der Waals surface area contributed by atoms with Crippen LogP contribution >= 0.6 is 0 Å². The third kappa shape index (κ3) is 5.29. The molecule has 1 aliphatic heterocycles. The highest BCUT2D eigenvalue weighted by atomic mass is 32.2. The number of likely N-dealkylation sites (tertiary alicyclic amines) is 1. The van der Waals surface area contributed by atoms with Crippen LogP contribution in [0.5, 0.6) is 0 Å². The van der Waals surface area contributed by atoms with Crippen LogP contribution in [0.1, 0.15) is 24.0 Å². The van der Waals surface area contributed by atoms with Crippen LogP contribution in [0, 0.1) is 6.92 Å². The van der Waals surface area contributed by atoms with Crippen molar-refractivity contribution in [1.82, 2.24) is 10.2 Å². The topological polar surface area (TPSA) is 86.7 Å². The molecule has 1 amide bonds. The fraction of sp³-hybridized carbons (Fsp3) is 0.588. The Morgan fingerprint density at radius 1 is 1.38 bits per heavy atom. The van der Waals surface area contributed by atoms with Gasteiger partial charge in [0.15, 0.2) is 5.60 Å². The number of rotatable bonds is 7. The van der Waals surface area contributed by atoms with Gasteiger partial charge in [-0.25, -0.2) is 8.42 Å². The van der Waals surface area contributed by atoms with Crippen LogP contribution in [-0.4, -0.2) is 61.6 Å². The van der Waals surface area contributed by atoms with Gasteiger partial charge in [-0.3, -0.25) is 4.79 Å². The summed E-state index contributed by atoms with van der Waals surface area (Å²) in [6, 6.07) is 7.96. The lowest BCUT2D eigenvalue weighted by Gasteiger charge is -2.38. The smallest absolute Gasteiger partial charge is 0.256 e. The number of sulfone groups is 1. The second-order valence-electron chi connectivity index (χ2n) is 6.66. The van der Waals surface area contributed by atoms with Crippen LogP contribution in [0.4, 0.5) is 0 Å². The zero-order valence-electron chi connectivity index (χ0n) is 14.3. The lowest BCUT2D eigenvalue weighted by molar-refractivity contribution is -0.157. The van der Waals surface area contributed by atoms with Crippen molar-refractivity contribution in [3.05, 3.63) is 35.4 Å². The van der Waals surface area contributed by atoms with Gasteiger partial charge < -0.3 is 15.3 Å². The Labute approximate surface area is 143 Å². The lowest BCUT2D eigenvalue weighted by atomic mass is 9.91. The van der Waals surface area contributed by atoms with E-state index in [2.05, 4.69) is 5.32 Å². The van der Waals surface area contributed by atoms with E-state index < -0.39 is 15.4 Å². The number of hydrogen-bond acceptors (Lipinski definition) is 5. The van der Waals surface area contributed by atoms with E-state index in [-0.39, 0.29) is 24.7 Å². The molecule has 2 N–H and O–H groups in total. The number of hydrogen-bond donors (Lipinski definition) is 2. The average Bonchev–Trinajstić information content (AvgIpc) is 2.48. The van der Waals surface area contributed by atoms with Crippen molar-refractivity contribution in [2.75, 3.05) is 31.6 Å². The van der Waals surface area contributed by atoms with Crippen molar-refractivity contribution in [2.24, 2.45) is 0 Å². The van der Waals surface area contributed by atoms with Gasteiger partial charge in [0.05, 0.1) is 5.75 Å². The molecular formula is C17H26N2O4S. The van der Waals surface area contributed by atoms with Gasteiger partial charge in [0.2, 0.25) is 0 Å². The van der Waals surface area contributed by atoms with Gasteiger partial charge in [-0.05, 0) is 25.3 Å². The normalized spacial score (nSPS) is 22.0. The molecule has 24 heavy (non-hydrogen) atoms. The molecule has 1 fully saturated rings. The Bertz CT molecular complexity index is 690. The molecule has 0 aliphatic carbocycles. The van der Waals surface area contributed by atoms with Crippen molar-refractivity contribution >= 4 is 15.7 Å². The quantitative estimate of drug-likeness (QED) is 0.696. The van der Waals surface area contributed by atoms with Crippen molar-refractivity contribution in [1.29, 1.82) is 0 Å². The molecule has 1 aromatic rings. The van der Waals surface area contributed by atoms with E-state index in [9.17, 15) is 18.3 Å². The molecule has 0 radical (unpaired) electrons. The summed E-state index contributed by atoms with van der Waals surface area (Å²) in [6.45, 7) is 3.41. The highest BCUT2D eigenvalue weighted by Gasteiger charge is 2.41. The number of nitrogens with zero attached hydrogens (tertiary/aromatic N) is 1. The first-order valence-electron chi connectivity index (χ1n) is 8.15. The number of benzene rings is 1. The lowest BCUT2D eigenvalue weighted by Crippen LogP contribution is -2.58. The van der Waals surface area contributed by atoms with Crippen LogP contribution in [0.25, 0.3) is 0 Å². The van der Waals surface area contributed by atoms with E-state index >= 15 is 0 Å². The minimum absolute atomic E-state index is 0.00965. The van der Waals surface area contributed by atoms with Crippen molar-refractivity contribution in [3.63, 3.8) is 0 Å². The third-order valence-corrected chi connectivity index (χ3v) is 5.17. The Kier molecular flexibility index (Phi) is 6.01. The molecule has 1 aliphatic rings. The van der Waals surface area contributed by atoms with Gasteiger partial charge >= 0.3 is 0 Å². The highest BCUT2D eigenvalue weighted by molar-refractivity contribution is 7.90. The molecule has 1 saturated heterocycles. The fourth-order valence-electron chi connectivity index (χ4n) is 2.96. The zero-order chi connectivity index (χ0) is 17.8. The van der Waals surface area contributed by atoms with Crippen molar-refractivity contribution < 1.29 is 18.3 Å².